The number of hydrogen-bond donors (Lipinski definition) is 3. The van der Waals surface area contributed by atoms with E-state index in [4.69, 9.17) is 5.73 Å². The van der Waals surface area contributed by atoms with Gasteiger partial charge in [-0.25, -0.2) is 0 Å². The lowest BCUT2D eigenvalue weighted by molar-refractivity contribution is 0.0199. The van der Waals surface area contributed by atoms with Crippen LogP contribution >= 0.6 is 15.9 Å². The summed E-state index contributed by atoms with van der Waals surface area (Å²) in [5.41, 5.74) is 6.19. The van der Waals surface area contributed by atoms with Gasteiger partial charge in [-0.15, -0.1) is 0 Å². The molecule has 0 atom stereocenters. The third kappa shape index (κ3) is 1.43. The first-order valence-electron chi connectivity index (χ1n) is 4.48. The molecule has 1 aliphatic rings. The van der Waals surface area contributed by atoms with E-state index in [-0.39, 0.29) is 11.9 Å². The van der Waals surface area contributed by atoms with E-state index in [1.54, 1.807) is 12.1 Å². The predicted molar refractivity (Wildman–Crippen MR) is 56.9 cm³/mol. The molecule has 1 saturated carbocycles. The van der Waals surface area contributed by atoms with Gasteiger partial charge in [-0.05, 0) is 34.8 Å². The van der Waals surface area contributed by atoms with Crippen molar-refractivity contribution in [2.75, 3.05) is 0 Å². The van der Waals surface area contributed by atoms with Crippen LogP contribution in [0, 0.1) is 0 Å². The molecule has 14 heavy (non-hydrogen) atoms. The molecule has 4 N–H and O–H groups in total. The average molecular weight is 258 g/mol. The van der Waals surface area contributed by atoms with Gasteiger partial charge < -0.3 is 15.9 Å². The van der Waals surface area contributed by atoms with E-state index >= 15 is 0 Å². The molecule has 0 radical (unpaired) electrons. The Hall–Kier alpha value is -0.580. The van der Waals surface area contributed by atoms with Crippen molar-refractivity contribution >= 4 is 15.9 Å². The number of rotatable bonds is 1. The summed E-state index contributed by atoms with van der Waals surface area (Å²) in [6, 6.07) is 5.39. The van der Waals surface area contributed by atoms with Crippen molar-refractivity contribution in [2.45, 2.75) is 24.5 Å². The molecule has 0 saturated heterocycles. The van der Waals surface area contributed by atoms with Crippen LogP contribution in [0.25, 0.3) is 0 Å². The Labute approximate surface area is 90.7 Å². The SMILES string of the molecule is NC1(c2cccc(Br)c2O)CC(O)C1. The van der Waals surface area contributed by atoms with E-state index in [1.807, 2.05) is 6.07 Å². The number of nitrogens with two attached hydrogens (primary N) is 1. The van der Waals surface area contributed by atoms with Gasteiger partial charge in [0.25, 0.3) is 0 Å². The highest BCUT2D eigenvalue weighted by molar-refractivity contribution is 9.10. The third-order valence-corrected chi connectivity index (χ3v) is 3.36. The zero-order valence-corrected chi connectivity index (χ0v) is 9.16. The van der Waals surface area contributed by atoms with Gasteiger partial charge in [0.2, 0.25) is 0 Å². The second-order valence-electron chi connectivity index (χ2n) is 3.85. The molecule has 0 unspecified atom stereocenters. The van der Waals surface area contributed by atoms with Gasteiger partial charge in [-0.3, -0.25) is 0 Å². The Morgan fingerprint density at radius 2 is 2.07 bits per heavy atom. The fraction of sp³-hybridized carbons (Fsp3) is 0.400. The number of hydrogen-bond acceptors (Lipinski definition) is 3. The summed E-state index contributed by atoms with van der Waals surface area (Å²) in [4.78, 5) is 0. The minimum absolute atomic E-state index is 0.182. The zero-order chi connectivity index (χ0) is 10.3. The molecule has 2 rings (SSSR count). The van der Waals surface area contributed by atoms with Gasteiger partial charge in [0.1, 0.15) is 5.75 Å². The predicted octanol–water partition coefficient (Wildman–Crippen LogP) is 1.46. The number of halogens is 1. The minimum Gasteiger partial charge on any atom is -0.506 e. The Kier molecular flexibility index (Phi) is 2.29. The van der Waals surface area contributed by atoms with Crippen LogP contribution in [0.2, 0.25) is 0 Å². The topological polar surface area (TPSA) is 66.5 Å². The lowest BCUT2D eigenvalue weighted by Crippen LogP contribution is -2.51. The van der Waals surface area contributed by atoms with Crippen LogP contribution in [0.4, 0.5) is 0 Å². The standard InChI is InChI=1S/C10H12BrNO2/c11-8-3-1-2-7(9(8)14)10(12)4-6(13)5-10/h1-3,6,13-14H,4-5,12H2. The minimum atomic E-state index is -0.562. The van der Waals surface area contributed by atoms with E-state index in [2.05, 4.69) is 15.9 Å². The molecule has 3 nitrogen and oxygen atoms in total. The molecule has 1 aromatic carbocycles. The lowest BCUT2D eigenvalue weighted by Gasteiger charge is -2.42. The molecule has 4 heteroatoms. The smallest absolute Gasteiger partial charge is 0.134 e. The maximum Gasteiger partial charge on any atom is 0.134 e. The monoisotopic (exact) mass is 257 g/mol. The van der Waals surface area contributed by atoms with Crippen LogP contribution in [-0.4, -0.2) is 16.3 Å². The molecule has 0 bridgehead atoms. The summed E-state index contributed by atoms with van der Waals surface area (Å²) in [5, 5.41) is 19.0. The first-order valence-corrected chi connectivity index (χ1v) is 5.27. The second kappa shape index (κ2) is 3.22. The van der Waals surface area contributed by atoms with E-state index < -0.39 is 5.54 Å². The van der Waals surface area contributed by atoms with Gasteiger partial charge >= 0.3 is 0 Å². The summed E-state index contributed by atoms with van der Waals surface area (Å²) >= 11 is 3.24. The van der Waals surface area contributed by atoms with Crippen LogP contribution in [-0.2, 0) is 5.54 Å². The quantitative estimate of drug-likeness (QED) is 0.714. The summed E-state index contributed by atoms with van der Waals surface area (Å²) in [7, 11) is 0. The number of aromatic hydroxyl groups is 1. The summed E-state index contributed by atoms with van der Waals surface area (Å²) in [6.07, 6.45) is 0.687. The largest absolute Gasteiger partial charge is 0.506 e. The number of aliphatic hydroxyl groups is 1. The molecule has 0 heterocycles. The van der Waals surface area contributed by atoms with Gasteiger partial charge in [-0.1, -0.05) is 12.1 Å². The summed E-state index contributed by atoms with van der Waals surface area (Å²) < 4.78 is 0.640. The Bertz CT molecular complexity index is 361. The summed E-state index contributed by atoms with van der Waals surface area (Å²) in [5.74, 6) is 0.182. The lowest BCUT2D eigenvalue weighted by atomic mass is 9.70. The first-order chi connectivity index (χ1) is 6.53. The molecule has 0 aliphatic heterocycles. The van der Waals surface area contributed by atoms with E-state index in [1.165, 1.54) is 0 Å². The number of para-hydroxylation sites is 1. The van der Waals surface area contributed by atoms with Gasteiger partial charge in [0.05, 0.1) is 10.6 Å². The van der Waals surface area contributed by atoms with E-state index in [0.717, 1.165) is 0 Å². The maximum atomic E-state index is 9.78. The van der Waals surface area contributed by atoms with Crippen molar-refractivity contribution in [1.29, 1.82) is 0 Å². The van der Waals surface area contributed by atoms with Crippen LogP contribution in [0.1, 0.15) is 18.4 Å². The molecular formula is C10H12BrNO2. The van der Waals surface area contributed by atoms with Gasteiger partial charge in [-0.2, -0.15) is 0 Å². The van der Waals surface area contributed by atoms with Crippen LogP contribution < -0.4 is 5.73 Å². The average Bonchev–Trinajstić information content (AvgIpc) is 2.07. The van der Waals surface area contributed by atoms with E-state index in [0.29, 0.717) is 22.9 Å². The number of aliphatic hydroxyl groups excluding tert-OH is 1. The fourth-order valence-corrected chi connectivity index (χ4v) is 2.28. The highest BCUT2D eigenvalue weighted by Gasteiger charge is 2.43. The fourth-order valence-electron chi connectivity index (χ4n) is 1.92. The number of phenols is 1. The van der Waals surface area contributed by atoms with Crippen molar-refractivity contribution in [3.05, 3.63) is 28.2 Å². The zero-order valence-electron chi connectivity index (χ0n) is 7.57. The third-order valence-electron chi connectivity index (χ3n) is 2.72. The first kappa shape index (κ1) is 9.96. The highest BCUT2D eigenvalue weighted by atomic mass is 79.9. The van der Waals surface area contributed by atoms with Crippen molar-refractivity contribution in [2.24, 2.45) is 5.73 Å². The molecule has 0 amide bonds. The molecule has 0 aromatic heterocycles. The van der Waals surface area contributed by atoms with Crippen LogP contribution in [0.15, 0.2) is 22.7 Å². The maximum absolute atomic E-state index is 9.78. The highest BCUT2D eigenvalue weighted by Crippen LogP contribution is 2.44. The van der Waals surface area contributed by atoms with Gasteiger partial charge in [0, 0.05) is 11.1 Å². The normalized spacial score (nSPS) is 31.2. The molecular weight excluding hydrogens is 246 g/mol. The van der Waals surface area contributed by atoms with Gasteiger partial charge in [0.15, 0.2) is 0 Å². The number of benzene rings is 1. The molecule has 1 aliphatic carbocycles. The number of phenolic OH excluding ortho intramolecular Hbond substituents is 1. The summed E-state index contributed by atoms with van der Waals surface area (Å²) in [6.45, 7) is 0. The second-order valence-corrected chi connectivity index (χ2v) is 4.71. The van der Waals surface area contributed by atoms with Crippen molar-refractivity contribution < 1.29 is 10.2 Å². The van der Waals surface area contributed by atoms with Crippen LogP contribution in [0.3, 0.4) is 0 Å². The molecule has 0 spiro atoms. The molecule has 1 fully saturated rings. The Morgan fingerprint density at radius 3 is 2.64 bits per heavy atom. The van der Waals surface area contributed by atoms with Crippen molar-refractivity contribution in [3.63, 3.8) is 0 Å². The Morgan fingerprint density at radius 1 is 1.43 bits per heavy atom. The Balaban J connectivity index is 2.37. The van der Waals surface area contributed by atoms with Crippen molar-refractivity contribution in [3.8, 4) is 5.75 Å². The van der Waals surface area contributed by atoms with Crippen molar-refractivity contribution in [1.82, 2.24) is 0 Å². The van der Waals surface area contributed by atoms with Crippen LogP contribution in [0.5, 0.6) is 5.75 Å². The van der Waals surface area contributed by atoms with E-state index in [9.17, 15) is 10.2 Å². The molecule has 1 aromatic rings. The molecule has 76 valence electrons.